The van der Waals surface area contributed by atoms with Crippen molar-refractivity contribution in [2.24, 2.45) is 0 Å². The van der Waals surface area contributed by atoms with E-state index in [4.69, 9.17) is 0 Å². The maximum absolute atomic E-state index is 3.25. The minimum Gasteiger partial charge on any atom is -0.496 e. The number of rotatable bonds is 0. The van der Waals surface area contributed by atoms with Crippen molar-refractivity contribution >= 4 is 0 Å². The third kappa shape index (κ3) is 17.8. The van der Waals surface area contributed by atoms with E-state index in [0.717, 1.165) is 12.8 Å². The van der Waals surface area contributed by atoms with Crippen LogP contribution in [-0.2, 0) is 19.5 Å². The molecule has 0 radical (unpaired) electrons. The zero-order valence-electron chi connectivity index (χ0n) is 7.77. The summed E-state index contributed by atoms with van der Waals surface area (Å²) in [5, 5.41) is 0. The molecule has 0 fully saturated rings. The van der Waals surface area contributed by atoms with Gasteiger partial charge in [0.05, 0.1) is 0 Å². The van der Waals surface area contributed by atoms with E-state index in [-0.39, 0.29) is 19.5 Å². The first-order valence-corrected chi connectivity index (χ1v) is 3.61. The van der Waals surface area contributed by atoms with Gasteiger partial charge in [-0.3, -0.25) is 6.08 Å². The molecule has 0 saturated carbocycles. The monoisotopic (exact) mass is 201 g/mol. The molecule has 1 rings (SSSR count). The van der Waals surface area contributed by atoms with E-state index in [9.17, 15) is 0 Å². The summed E-state index contributed by atoms with van der Waals surface area (Å²) in [5.41, 5.74) is 0. The van der Waals surface area contributed by atoms with Gasteiger partial charge in [-0.15, -0.1) is 6.08 Å². The summed E-state index contributed by atoms with van der Waals surface area (Å²) in [6.45, 7) is 10.0. The normalized spacial score (nSPS) is 11.3. The van der Waals surface area contributed by atoms with E-state index in [1.807, 2.05) is 0 Å². The summed E-state index contributed by atoms with van der Waals surface area (Å²) in [5.74, 6) is 0. The van der Waals surface area contributed by atoms with Crippen molar-refractivity contribution in [1.29, 1.82) is 0 Å². The average molecular weight is 203 g/mol. The second-order valence-corrected chi connectivity index (χ2v) is 1.32. The maximum atomic E-state index is 3.25. The van der Waals surface area contributed by atoms with Gasteiger partial charge in [0.1, 0.15) is 0 Å². The van der Waals surface area contributed by atoms with Crippen molar-refractivity contribution in [2.45, 2.75) is 26.7 Å². The van der Waals surface area contributed by atoms with E-state index >= 15 is 0 Å². The minimum absolute atomic E-state index is 0. The van der Waals surface area contributed by atoms with Gasteiger partial charge in [-0.2, -0.15) is 20.3 Å². The minimum atomic E-state index is 0. The van der Waals surface area contributed by atoms with E-state index in [1.54, 1.807) is 13.8 Å². The number of hydrogen-bond donors (Lipinski definition) is 0. The molecule has 0 atom stereocenters. The molecule has 0 aliphatic heterocycles. The standard InChI is InChI=1S/C6H7.2C2H5.Zn/c1-2-4-6-5-3-1;2*1-2;/h1-2,5H,3-4H2;2*1H2,2H3;/q3*-1;. The van der Waals surface area contributed by atoms with E-state index in [0.29, 0.717) is 0 Å². The van der Waals surface area contributed by atoms with Crippen LogP contribution in [0.3, 0.4) is 0 Å². The molecule has 1 heteroatoms. The first-order valence-electron chi connectivity index (χ1n) is 3.61. The summed E-state index contributed by atoms with van der Waals surface area (Å²) in [6, 6.07) is 0. The van der Waals surface area contributed by atoms with Crippen molar-refractivity contribution in [3.05, 3.63) is 38.2 Å². The second-order valence-electron chi connectivity index (χ2n) is 1.32. The molecule has 0 bridgehead atoms. The zero-order chi connectivity index (χ0) is 8.24. The Hall–Kier alpha value is 0.103. The predicted molar refractivity (Wildman–Crippen MR) is 48.2 cm³/mol. The molecule has 0 aromatic rings. The zero-order valence-corrected chi connectivity index (χ0v) is 10.7. The molecule has 0 saturated heterocycles. The van der Waals surface area contributed by atoms with Gasteiger partial charge in [0.15, 0.2) is 0 Å². The average Bonchev–Trinajstić information content (AvgIpc) is 2.14. The largest absolute Gasteiger partial charge is 0.496 e. The molecular formula is C10H17Zn-3. The van der Waals surface area contributed by atoms with Crippen LogP contribution in [0.5, 0.6) is 0 Å². The van der Waals surface area contributed by atoms with Crippen molar-refractivity contribution in [3.8, 4) is 0 Å². The smallest absolute Gasteiger partial charge is 0 e. The van der Waals surface area contributed by atoms with Crippen LogP contribution in [0, 0.1) is 19.9 Å². The van der Waals surface area contributed by atoms with Gasteiger partial charge in [-0.1, -0.05) is 6.08 Å². The van der Waals surface area contributed by atoms with Crippen molar-refractivity contribution in [3.63, 3.8) is 0 Å². The van der Waals surface area contributed by atoms with Gasteiger partial charge < -0.3 is 19.9 Å². The van der Waals surface area contributed by atoms with Crippen molar-refractivity contribution in [1.82, 2.24) is 0 Å². The van der Waals surface area contributed by atoms with Gasteiger partial charge in [-0.25, -0.2) is 0 Å². The molecule has 62 valence electrons. The number of hydrogen-bond acceptors (Lipinski definition) is 0. The Labute approximate surface area is 84.5 Å². The van der Waals surface area contributed by atoms with Crippen LogP contribution >= 0.6 is 0 Å². The molecule has 0 aromatic heterocycles. The molecule has 0 aromatic carbocycles. The van der Waals surface area contributed by atoms with Gasteiger partial charge in [0, 0.05) is 19.5 Å². The van der Waals surface area contributed by atoms with E-state index in [2.05, 4.69) is 38.2 Å². The first-order chi connectivity index (χ1) is 5.00. The molecule has 0 N–H and O–H groups in total. The first kappa shape index (κ1) is 17.3. The molecule has 11 heavy (non-hydrogen) atoms. The van der Waals surface area contributed by atoms with Crippen LogP contribution in [0.1, 0.15) is 26.7 Å². The van der Waals surface area contributed by atoms with Gasteiger partial charge >= 0.3 is 0 Å². The predicted octanol–water partition coefficient (Wildman–Crippen LogP) is 3.37. The summed E-state index contributed by atoms with van der Waals surface area (Å²) < 4.78 is 0. The molecular weight excluding hydrogens is 185 g/mol. The van der Waals surface area contributed by atoms with E-state index < -0.39 is 0 Å². The topological polar surface area (TPSA) is 0 Å². The van der Waals surface area contributed by atoms with Crippen LogP contribution in [0.15, 0.2) is 18.2 Å². The fraction of sp³-hybridized carbons (Fsp3) is 0.400. The quantitative estimate of drug-likeness (QED) is 0.321. The molecule has 0 heterocycles. The third-order valence-electron chi connectivity index (χ3n) is 0.801. The van der Waals surface area contributed by atoms with Gasteiger partial charge in [0.25, 0.3) is 0 Å². The summed E-state index contributed by atoms with van der Waals surface area (Å²) in [7, 11) is 0. The number of allylic oxidation sites excluding steroid dienone is 4. The Morgan fingerprint density at radius 3 is 1.73 bits per heavy atom. The summed E-state index contributed by atoms with van der Waals surface area (Å²) >= 11 is 0. The fourth-order valence-corrected chi connectivity index (χ4v) is 0.482. The molecule has 1 aliphatic rings. The van der Waals surface area contributed by atoms with Crippen LogP contribution in [0.25, 0.3) is 0 Å². The molecule has 0 unspecified atom stereocenters. The van der Waals surface area contributed by atoms with Crippen LogP contribution in [-0.4, -0.2) is 0 Å². The Bertz CT molecular complexity index is 62.9. The van der Waals surface area contributed by atoms with Crippen LogP contribution in [0.4, 0.5) is 0 Å². The Morgan fingerprint density at radius 1 is 1.09 bits per heavy atom. The van der Waals surface area contributed by atoms with E-state index in [1.165, 1.54) is 0 Å². The third-order valence-corrected chi connectivity index (χ3v) is 0.801. The SMILES string of the molecule is [C-]1=CCC=CC1.[CH2-]C.[CH2-]C.[Zn]. The van der Waals surface area contributed by atoms with Crippen molar-refractivity contribution < 1.29 is 19.5 Å². The summed E-state index contributed by atoms with van der Waals surface area (Å²) in [6.07, 6.45) is 11.5. The second kappa shape index (κ2) is 22.5. The van der Waals surface area contributed by atoms with Gasteiger partial charge in [-0.05, 0) is 6.42 Å². The molecule has 1 aliphatic carbocycles. The molecule has 0 amide bonds. The Morgan fingerprint density at radius 2 is 1.64 bits per heavy atom. The van der Waals surface area contributed by atoms with Crippen LogP contribution in [0.2, 0.25) is 0 Å². The van der Waals surface area contributed by atoms with Crippen LogP contribution < -0.4 is 0 Å². The Kier molecular flexibility index (Phi) is 35.3. The fourth-order valence-electron chi connectivity index (χ4n) is 0.482. The summed E-state index contributed by atoms with van der Waals surface area (Å²) in [4.78, 5) is 0. The molecule has 0 nitrogen and oxygen atoms in total. The molecule has 0 spiro atoms. The van der Waals surface area contributed by atoms with Gasteiger partial charge in [0.2, 0.25) is 0 Å². The Balaban J connectivity index is -0.000000114. The van der Waals surface area contributed by atoms with Crippen molar-refractivity contribution in [2.75, 3.05) is 0 Å². The maximum Gasteiger partial charge on any atom is 0 e.